The lowest BCUT2D eigenvalue weighted by Crippen LogP contribution is -2.56. The lowest BCUT2D eigenvalue weighted by atomic mass is 9.95. The van der Waals surface area contributed by atoms with E-state index < -0.39 is 103 Å². The maximum atomic E-state index is 14.0. The van der Waals surface area contributed by atoms with Gasteiger partial charge in [0.1, 0.15) is 11.2 Å². The number of nitrogens with zero attached hydrogens (tertiary/aromatic N) is 1. The predicted molar refractivity (Wildman–Crippen MR) is 254 cm³/mol. The van der Waals surface area contributed by atoms with Crippen LogP contribution in [0.4, 0.5) is 43.9 Å². The number of hydrogen-bond donors (Lipinski definition) is 0. The Balaban J connectivity index is 0.000000327. The Morgan fingerprint density at radius 1 is 0.548 bits per heavy atom. The highest BCUT2D eigenvalue weighted by Gasteiger charge is 2.58. The molecule has 5 rings (SSSR count). The third-order valence-electron chi connectivity index (χ3n) is 11.5. The van der Waals surface area contributed by atoms with E-state index in [2.05, 4.69) is 0 Å². The highest BCUT2D eigenvalue weighted by molar-refractivity contribution is 7.93. The molecular formula is C51H59F10NO9S2. The Kier molecular flexibility index (Phi) is 19.2. The molecule has 73 heavy (non-hydrogen) atoms. The van der Waals surface area contributed by atoms with E-state index in [-0.39, 0.29) is 22.6 Å². The number of benzene rings is 4. The highest BCUT2D eigenvalue weighted by Crippen LogP contribution is 2.41. The molecule has 1 aliphatic rings. The summed E-state index contributed by atoms with van der Waals surface area (Å²) in [6, 6.07) is 23.7. The molecule has 0 aromatic heterocycles. The monoisotopic (exact) mass is 1080 g/mol. The number of esters is 2. The molecule has 1 fully saturated rings. The van der Waals surface area contributed by atoms with Gasteiger partial charge in [0, 0.05) is 39.6 Å². The summed E-state index contributed by atoms with van der Waals surface area (Å²) in [7, 11) is -6.50. The maximum Gasteiger partial charge on any atom is 0.453 e. The van der Waals surface area contributed by atoms with Crippen LogP contribution < -0.4 is 0 Å². The minimum Gasteiger partial charge on any atom is -0.459 e. The molecule has 0 spiro atoms. The number of piperidine rings is 1. The quantitative estimate of drug-likeness (QED) is 0.0743. The predicted octanol–water partition coefficient (Wildman–Crippen LogP) is 11.7. The van der Waals surface area contributed by atoms with Gasteiger partial charge in [-0.2, -0.15) is 43.9 Å². The molecule has 0 saturated carbocycles. The average Bonchev–Trinajstić information content (AvgIpc) is 3.28. The van der Waals surface area contributed by atoms with Crippen LogP contribution in [-0.4, -0.2) is 113 Å². The number of sulfone groups is 2. The number of likely N-dealkylation sites (tertiary alicyclic amines) is 1. The van der Waals surface area contributed by atoms with Gasteiger partial charge in [0.15, 0.2) is 30.2 Å². The van der Waals surface area contributed by atoms with Gasteiger partial charge >= 0.3 is 36.1 Å². The van der Waals surface area contributed by atoms with Gasteiger partial charge in [-0.25, -0.2) is 16.8 Å². The van der Waals surface area contributed by atoms with Crippen LogP contribution in [-0.2, 0) is 56.3 Å². The number of ether oxygens (including phenoxy) is 3. The molecule has 0 bridgehead atoms. The fourth-order valence-corrected chi connectivity index (χ4v) is 10.5. The molecular weight excluding hydrogens is 1020 g/mol. The van der Waals surface area contributed by atoms with E-state index in [9.17, 15) is 70.3 Å². The first-order valence-electron chi connectivity index (χ1n) is 22.8. The van der Waals surface area contributed by atoms with E-state index in [0.29, 0.717) is 59.6 Å². The first kappa shape index (κ1) is 60.5. The summed E-state index contributed by atoms with van der Waals surface area (Å²) in [6.45, 7) is 11.8. The second-order valence-corrected chi connectivity index (χ2v) is 23.8. The zero-order valence-electron chi connectivity index (χ0n) is 41.2. The van der Waals surface area contributed by atoms with Crippen LogP contribution >= 0.6 is 0 Å². The van der Waals surface area contributed by atoms with E-state index in [4.69, 9.17) is 14.2 Å². The van der Waals surface area contributed by atoms with E-state index in [1.165, 1.54) is 60.7 Å². The number of aryl methyl sites for hydroxylation is 2. The van der Waals surface area contributed by atoms with Crippen molar-refractivity contribution in [2.24, 2.45) is 0 Å². The van der Waals surface area contributed by atoms with Crippen molar-refractivity contribution in [1.29, 1.82) is 0 Å². The summed E-state index contributed by atoms with van der Waals surface area (Å²) in [5, 5.41) is 0. The van der Waals surface area contributed by atoms with Crippen LogP contribution in [0.5, 0.6) is 0 Å². The summed E-state index contributed by atoms with van der Waals surface area (Å²) >= 11 is 0. The van der Waals surface area contributed by atoms with Gasteiger partial charge in [-0.1, -0.05) is 72.8 Å². The van der Waals surface area contributed by atoms with Crippen molar-refractivity contribution in [2.75, 3.05) is 39.1 Å². The molecule has 0 N–H and O–H groups in total. The van der Waals surface area contributed by atoms with Crippen molar-refractivity contribution in [3.8, 4) is 22.3 Å². The lowest BCUT2D eigenvalue weighted by Gasteiger charge is -2.40. The van der Waals surface area contributed by atoms with Gasteiger partial charge < -0.3 is 19.1 Å². The minimum absolute atomic E-state index is 0.0385. The van der Waals surface area contributed by atoms with Crippen molar-refractivity contribution >= 4 is 31.6 Å². The number of halogens is 10. The third kappa shape index (κ3) is 16.5. The molecule has 0 unspecified atom stereocenters. The molecule has 1 saturated heterocycles. The first-order valence-corrected chi connectivity index (χ1v) is 26.0. The Morgan fingerprint density at radius 2 is 0.904 bits per heavy atom. The lowest BCUT2D eigenvalue weighted by molar-refractivity contribution is -0.284. The molecule has 22 heteroatoms. The number of carbonyl (C=O) groups excluding carboxylic acids is 2. The Bertz CT molecular complexity index is 2690. The highest BCUT2D eigenvalue weighted by atomic mass is 32.2. The Labute approximate surface area is 419 Å². The molecule has 4 aromatic rings. The molecule has 0 radical (unpaired) electrons. The van der Waals surface area contributed by atoms with E-state index in [0.717, 1.165) is 0 Å². The minimum atomic E-state index is -5.60. The standard InChI is InChI=1S/C29H36F5NO5S.C22H23F5O4S/c1-26(2,3)40-25(36)27(15-17-35(18-16-27)19-20-39-4)41(37,38)24-11-9-23(10-12-24)22-7-5-21(6-8-22)13-14-28(30,31)29(32,33)34;1-20(2,3)31-19(28)14-32(29,30)18-10-8-17(9-11-18)16-6-4-15(5-7-16)12-13-21(23,24)22(25,26)27/h5-12H,13-20H2,1-4H3;4-11H,12-14H2,1-3H3. The zero-order chi connectivity index (χ0) is 55.1. The van der Waals surface area contributed by atoms with E-state index in [1.807, 2.05) is 4.90 Å². The van der Waals surface area contributed by atoms with Crippen molar-refractivity contribution in [3.63, 3.8) is 0 Å². The van der Waals surface area contributed by atoms with Gasteiger partial charge in [-0.3, -0.25) is 9.59 Å². The normalized spacial score (nSPS) is 15.2. The van der Waals surface area contributed by atoms with Crippen molar-refractivity contribution in [3.05, 3.63) is 108 Å². The largest absolute Gasteiger partial charge is 0.459 e. The first-order chi connectivity index (χ1) is 33.4. The molecule has 0 amide bonds. The van der Waals surface area contributed by atoms with Gasteiger partial charge in [0.2, 0.25) is 0 Å². The van der Waals surface area contributed by atoms with E-state index in [1.54, 1.807) is 85.1 Å². The number of alkyl halides is 10. The summed E-state index contributed by atoms with van der Waals surface area (Å²) < 4.78 is 193. The maximum absolute atomic E-state index is 14.0. The molecule has 0 atom stereocenters. The van der Waals surface area contributed by atoms with Crippen LogP contribution in [0.2, 0.25) is 0 Å². The SMILES string of the molecule is CC(C)(C)OC(=O)CS(=O)(=O)c1ccc(-c2ccc(CCC(F)(F)C(F)(F)F)cc2)cc1.COCCN1CCC(C(=O)OC(C)(C)C)(S(=O)(=O)c2ccc(-c3ccc(CCC(F)(F)C(F)(F)F)cc3)cc2)CC1. The molecule has 1 aliphatic heterocycles. The number of rotatable bonds is 17. The number of methoxy groups -OCH3 is 1. The van der Waals surface area contributed by atoms with Gasteiger partial charge in [-0.05, 0) is 125 Å². The topological polar surface area (TPSA) is 133 Å². The fraction of sp³-hybridized carbons (Fsp3) is 0.490. The average molecular weight is 1080 g/mol. The third-order valence-corrected chi connectivity index (χ3v) is 15.6. The van der Waals surface area contributed by atoms with Crippen LogP contribution in [0.25, 0.3) is 22.3 Å². The summed E-state index contributed by atoms with van der Waals surface area (Å²) in [4.78, 5) is 27.2. The van der Waals surface area contributed by atoms with Crippen LogP contribution in [0.1, 0.15) is 78.4 Å². The second-order valence-electron chi connectivity index (χ2n) is 19.5. The Morgan fingerprint density at radius 3 is 1.25 bits per heavy atom. The molecule has 10 nitrogen and oxygen atoms in total. The zero-order valence-corrected chi connectivity index (χ0v) is 42.9. The van der Waals surface area contributed by atoms with Crippen LogP contribution in [0, 0.1) is 0 Å². The number of carbonyl (C=O) groups is 2. The fourth-order valence-electron chi connectivity index (χ4n) is 7.44. The van der Waals surface area contributed by atoms with Gasteiger partial charge in [-0.15, -0.1) is 0 Å². The molecule has 404 valence electrons. The molecule has 0 aliphatic carbocycles. The van der Waals surface area contributed by atoms with Crippen molar-refractivity contribution in [2.45, 2.75) is 130 Å². The van der Waals surface area contributed by atoms with Gasteiger partial charge in [0.05, 0.1) is 16.4 Å². The molecule has 1 heterocycles. The van der Waals surface area contributed by atoms with E-state index >= 15 is 0 Å². The summed E-state index contributed by atoms with van der Waals surface area (Å²) in [5.41, 5.74) is 1.38. The summed E-state index contributed by atoms with van der Waals surface area (Å²) in [5.74, 6) is -12.0. The Hall–Kier alpha value is -5.06. The van der Waals surface area contributed by atoms with Crippen LogP contribution in [0.3, 0.4) is 0 Å². The smallest absolute Gasteiger partial charge is 0.453 e. The van der Waals surface area contributed by atoms with Crippen molar-refractivity contribution < 1.29 is 84.5 Å². The second kappa shape index (κ2) is 23.2. The van der Waals surface area contributed by atoms with Crippen molar-refractivity contribution in [1.82, 2.24) is 4.90 Å². The van der Waals surface area contributed by atoms with Crippen LogP contribution in [0.15, 0.2) is 107 Å². The van der Waals surface area contributed by atoms with Gasteiger partial charge in [0.25, 0.3) is 0 Å². The molecule has 4 aromatic carbocycles. The number of hydrogen-bond acceptors (Lipinski definition) is 10. The summed E-state index contributed by atoms with van der Waals surface area (Å²) in [6.07, 6.45) is -14.7.